The zero-order valence-corrected chi connectivity index (χ0v) is 17.4. The summed E-state index contributed by atoms with van der Waals surface area (Å²) in [5.74, 6) is 3.61. The molecule has 154 valence electrons. The number of ether oxygens (including phenoxy) is 1. The standard InChI is InChI=1S/C22H24N6O2/c1-14(2)20-26-22(30-27-20)15-9-10-23-18(13-15)25-19(21-24-11-12-28(21)3)16-7-5-6-8-17(16)29-4/h5-14,19H,1-4H3,(H,23,25). The van der Waals surface area contributed by atoms with Gasteiger partial charge in [-0.15, -0.1) is 0 Å². The zero-order valence-electron chi connectivity index (χ0n) is 17.4. The van der Waals surface area contributed by atoms with Crippen molar-refractivity contribution in [2.24, 2.45) is 7.05 Å². The molecular weight excluding hydrogens is 380 g/mol. The first kappa shape index (κ1) is 19.6. The lowest BCUT2D eigenvalue weighted by Gasteiger charge is -2.21. The topological polar surface area (TPSA) is 90.9 Å². The van der Waals surface area contributed by atoms with E-state index in [-0.39, 0.29) is 12.0 Å². The molecule has 8 heteroatoms. The van der Waals surface area contributed by atoms with E-state index >= 15 is 0 Å². The lowest BCUT2D eigenvalue weighted by Crippen LogP contribution is -2.18. The molecule has 0 fully saturated rings. The van der Waals surface area contributed by atoms with Crippen LogP contribution in [0.15, 0.2) is 59.5 Å². The molecule has 8 nitrogen and oxygen atoms in total. The van der Waals surface area contributed by atoms with Gasteiger partial charge >= 0.3 is 0 Å². The number of methoxy groups -OCH3 is 1. The van der Waals surface area contributed by atoms with E-state index in [1.165, 1.54) is 0 Å². The molecule has 1 aromatic carbocycles. The Balaban J connectivity index is 1.71. The second-order valence-electron chi connectivity index (χ2n) is 7.26. The summed E-state index contributed by atoms with van der Waals surface area (Å²) in [6.45, 7) is 4.05. The molecular formula is C22H24N6O2. The van der Waals surface area contributed by atoms with Crippen molar-refractivity contribution >= 4 is 5.82 Å². The molecule has 0 saturated heterocycles. The Morgan fingerprint density at radius 1 is 1.10 bits per heavy atom. The maximum absolute atomic E-state index is 5.59. The maximum Gasteiger partial charge on any atom is 0.258 e. The van der Waals surface area contributed by atoms with Crippen LogP contribution in [0.2, 0.25) is 0 Å². The second kappa shape index (κ2) is 8.36. The lowest BCUT2D eigenvalue weighted by molar-refractivity contribution is 0.408. The van der Waals surface area contributed by atoms with Gasteiger partial charge in [-0.1, -0.05) is 37.2 Å². The van der Waals surface area contributed by atoms with E-state index in [9.17, 15) is 0 Å². The van der Waals surface area contributed by atoms with Gasteiger partial charge in [-0.05, 0) is 18.2 Å². The molecule has 0 bridgehead atoms. The van der Waals surface area contributed by atoms with Gasteiger partial charge in [-0.25, -0.2) is 9.97 Å². The second-order valence-corrected chi connectivity index (χ2v) is 7.26. The first-order valence-corrected chi connectivity index (χ1v) is 9.73. The van der Waals surface area contributed by atoms with Gasteiger partial charge in [0.25, 0.3) is 5.89 Å². The number of imidazole rings is 1. The summed E-state index contributed by atoms with van der Waals surface area (Å²) in [4.78, 5) is 13.5. The van der Waals surface area contributed by atoms with Crippen LogP contribution in [-0.4, -0.2) is 31.8 Å². The number of nitrogens with one attached hydrogen (secondary N) is 1. The molecule has 0 aliphatic heterocycles. The third-order valence-corrected chi connectivity index (χ3v) is 4.82. The number of nitrogens with zero attached hydrogens (tertiary/aromatic N) is 5. The number of aromatic nitrogens is 5. The Labute approximate surface area is 174 Å². The van der Waals surface area contributed by atoms with E-state index in [2.05, 4.69) is 25.4 Å². The van der Waals surface area contributed by atoms with Crippen LogP contribution in [0.5, 0.6) is 5.75 Å². The van der Waals surface area contributed by atoms with Crippen LogP contribution in [-0.2, 0) is 7.05 Å². The Bertz CT molecular complexity index is 1130. The summed E-state index contributed by atoms with van der Waals surface area (Å²) < 4.78 is 13.0. The van der Waals surface area contributed by atoms with Crippen LogP contribution in [0.3, 0.4) is 0 Å². The normalized spacial score (nSPS) is 12.2. The highest BCUT2D eigenvalue weighted by atomic mass is 16.5. The SMILES string of the molecule is COc1ccccc1C(Nc1cc(-c2nc(C(C)C)no2)ccn1)c1nccn1C. The summed E-state index contributed by atoms with van der Waals surface area (Å²) in [7, 11) is 3.62. The van der Waals surface area contributed by atoms with Crippen molar-refractivity contribution in [3.05, 3.63) is 72.2 Å². The highest BCUT2D eigenvalue weighted by Gasteiger charge is 2.22. The fraction of sp³-hybridized carbons (Fsp3) is 0.273. The number of anilines is 1. The van der Waals surface area contributed by atoms with Crippen LogP contribution < -0.4 is 10.1 Å². The summed E-state index contributed by atoms with van der Waals surface area (Å²) in [6.07, 6.45) is 5.40. The molecule has 0 radical (unpaired) electrons. The minimum Gasteiger partial charge on any atom is -0.496 e. The van der Waals surface area contributed by atoms with Gasteiger partial charge in [0.2, 0.25) is 0 Å². The summed E-state index contributed by atoms with van der Waals surface area (Å²) in [6, 6.07) is 11.3. The molecule has 3 aromatic heterocycles. The Morgan fingerprint density at radius 3 is 2.63 bits per heavy atom. The number of pyridine rings is 1. The van der Waals surface area contributed by atoms with Crippen molar-refractivity contribution in [1.82, 2.24) is 24.7 Å². The van der Waals surface area contributed by atoms with E-state index in [0.29, 0.717) is 17.5 Å². The Hall–Kier alpha value is -3.68. The van der Waals surface area contributed by atoms with Gasteiger partial charge in [0, 0.05) is 42.7 Å². The predicted octanol–water partition coefficient (Wildman–Crippen LogP) is 4.20. The highest BCUT2D eigenvalue weighted by Crippen LogP contribution is 2.32. The minimum absolute atomic E-state index is 0.195. The average molecular weight is 404 g/mol. The zero-order chi connectivity index (χ0) is 21.1. The van der Waals surface area contributed by atoms with Gasteiger partial charge in [0.1, 0.15) is 23.4 Å². The quantitative estimate of drug-likeness (QED) is 0.494. The van der Waals surface area contributed by atoms with Crippen molar-refractivity contribution in [2.75, 3.05) is 12.4 Å². The first-order valence-electron chi connectivity index (χ1n) is 9.73. The highest BCUT2D eigenvalue weighted by molar-refractivity contribution is 5.59. The molecule has 0 amide bonds. The van der Waals surface area contributed by atoms with E-state index in [1.54, 1.807) is 19.5 Å². The van der Waals surface area contributed by atoms with Crippen molar-refractivity contribution in [1.29, 1.82) is 0 Å². The molecule has 0 aliphatic carbocycles. The number of hydrogen-bond donors (Lipinski definition) is 1. The molecule has 0 aliphatic rings. The third kappa shape index (κ3) is 3.89. The largest absolute Gasteiger partial charge is 0.496 e. The minimum atomic E-state index is -0.266. The summed E-state index contributed by atoms with van der Waals surface area (Å²) in [5, 5.41) is 7.54. The van der Waals surface area contributed by atoms with Crippen molar-refractivity contribution in [2.45, 2.75) is 25.8 Å². The number of rotatable bonds is 7. The Morgan fingerprint density at radius 2 is 1.93 bits per heavy atom. The summed E-state index contributed by atoms with van der Waals surface area (Å²) >= 11 is 0. The molecule has 1 unspecified atom stereocenters. The van der Waals surface area contributed by atoms with E-state index < -0.39 is 0 Å². The number of para-hydroxylation sites is 1. The van der Waals surface area contributed by atoms with Crippen LogP contribution in [0.25, 0.3) is 11.5 Å². The van der Waals surface area contributed by atoms with Crippen molar-refractivity contribution < 1.29 is 9.26 Å². The van der Waals surface area contributed by atoms with Crippen molar-refractivity contribution in [3.63, 3.8) is 0 Å². The van der Waals surface area contributed by atoms with E-state index in [4.69, 9.17) is 9.26 Å². The molecule has 30 heavy (non-hydrogen) atoms. The third-order valence-electron chi connectivity index (χ3n) is 4.82. The maximum atomic E-state index is 5.59. The van der Waals surface area contributed by atoms with Gasteiger partial charge < -0.3 is 19.1 Å². The predicted molar refractivity (Wildman–Crippen MR) is 113 cm³/mol. The van der Waals surface area contributed by atoms with Gasteiger partial charge in [-0.2, -0.15) is 4.98 Å². The molecule has 0 saturated carbocycles. The lowest BCUT2D eigenvalue weighted by atomic mass is 10.0. The molecule has 4 aromatic rings. The Kier molecular flexibility index (Phi) is 5.47. The van der Waals surface area contributed by atoms with Crippen LogP contribution in [0.1, 0.15) is 43.0 Å². The van der Waals surface area contributed by atoms with Gasteiger partial charge in [0.15, 0.2) is 5.82 Å². The van der Waals surface area contributed by atoms with Crippen LogP contribution in [0, 0.1) is 0 Å². The number of hydrogen-bond acceptors (Lipinski definition) is 7. The summed E-state index contributed by atoms with van der Waals surface area (Å²) in [5.41, 5.74) is 1.76. The molecule has 3 heterocycles. The average Bonchev–Trinajstić information content (AvgIpc) is 3.42. The number of aryl methyl sites for hydroxylation is 1. The fourth-order valence-corrected chi connectivity index (χ4v) is 3.22. The van der Waals surface area contributed by atoms with Crippen LogP contribution >= 0.6 is 0 Å². The fourth-order valence-electron chi connectivity index (χ4n) is 3.22. The molecule has 1 atom stereocenters. The number of benzene rings is 1. The van der Waals surface area contributed by atoms with Gasteiger partial charge in [-0.3, -0.25) is 0 Å². The monoisotopic (exact) mass is 404 g/mol. The van der Waals surface area contributed by atoms with Crippen LogP contribution in [0.4, 0.5) is 5.82 Å². The van der Waals surface area contributed by atoms with E-state index in [1.807, 2.05) is 68.1 Å². The van der Waals surface area contributed by atoms with Gasteiger partial charge in [0.05, 0.1) is 7.11 Å². The molecule has 0 spiro atoms. The molecule has 4 rings (SSSR count). The first-order chi connectivity index (χ1) is 14.6. The molecule has 1 N–H and O–H groups in total. The smallest absolute Gasteiger partial charge is 0.258 e. The van der Waals surface area contributed by atoms with E-state index in [0.717, 1.165) is 22.7 Å². The van der Waals surface area contributed by atoms with Crippen molar-refractivity contribution in [3.8, 4) is 17.2 Å².